The minimum absolute atomic E-state index is 0.402. The highest BCUT2D eigenvalue weighted by molar-refractivity contribution is 5.54. The predicted octanol–water partition coefficient (Wildman–Crippen LogP) is 5.16. The van der Waals surface area contributed by atoms with E-state index in [9.17, 15) is 0 Å². The van der Waals surface area contributed by atoms with Crippen LogP contribution in [-0.2, 0) is 0 Å². The Bertz CT molecular complexity index is 429. The largest absolute Gasteiger partial charge is 0.359 e. The Morgan fingerprint density at radius 1 is 1.17 bits per heavy atom. The van der Waals surface area contributed by atoms with Gasteiger partial charge in [0.2, 0.25) is 0 Å². The number of nitrogens with one attached hydrogen (secondary N) is 1. The summed E-state index contributed by atoms with van der Waals surface area (Å²) in [5, 5.41) is 3.42. The average molecular weight is 243 g/mol. The summed E-state index contributed by atoms with van der Waals surface area (Å²) >= 11 is 0. The number of hydrogen-bond donors (Lipinski definition) is 1. The lowest BCUT2D eigenvalue weighted by molar-refractivity contribution is 0.614. The number of allylic oxidation sites excluding steroid dienone is 2. The van der Waals surface area contributed by atoms with Crippen molar-refractivity contribution in [2.75, 3.05) is 5.32 Å². The number of benzene rings is 1. The normalized spacial score (nSPS) is 12.3. The molecule has 0 amide bonds. The molecule has 0 fully saturated rings. The van der Waals surface area contributed by atoms with Gasteiger partial charge in [-0.25, -0.2) is 0 Å². The van der Waals surface area contributed by atoms with Gasteiger partial charge in [0.05, 0.1) is 0 Å². The predicted molar refractivity (Wildman–Crippen MR) is 81.7 cm³/mol. The first-order chi connectivity index (χ1) is 8.41. The molecule has 0 aliphatic carbocycles. The van der Waals surface area contributed by atoms with Gasteiger partial charge in [0.25, 0.3) is 0 Å². The van der Waals surface area contributed by atoms with Gasteiger partial charge in [-0.15, -0.1) is 0 Å². The molecule has 18 heavy (non-hydrogen) atoms. The SMILES string of the molecule is C=C(CC(C)C(=C)Nc1ccccc1C)C(C)C. The van der Waals surface area contributed by atoms with Gasteiger partial charge in [0.15, 0.2) is 0 Å². The number of para-hydroxylation sites is 1. The molecule has 1 rings (SSSR count). The molecule has 1 unspecified atom stereocenters. The summed E-state index contributed by atoms with van der Waals surface area (Å²) in [6.07, 6.45) is 0.995. The van der Waals surface area contributed by atoms with Crippen molar-refractivity contribution in [1.29, 1.82) is 0 Å². The van der Waals surface area contributed by atoms with Gasteiger partial charge in [-0.1, -0.05) is 57.7 Å². The molecule has 0 aliphatic heterocycles. The summed E-state index contributed by atoms with van der Waals surface area (Å²) in [6, 6.07) is 8.28. The van der Waals surface area contributed by atoms with Crippen LogP contribution in [0.5, 0.6) is 0 Å². The van der Waals surface area contributed by atoms with Gasteiger partial charge in [0.1, 0.15) is 0 Å². The Balaban J connectivity index is 2.61. The summed E-state index contributed by atoms with van der Waals surface area (Å²) in [5.41, 5.74) is 4.74. The third-order valence-corrected chi connectivity index (χ3v) is 3.42. The second-order valence-electron chi connectivity index (χ2n) is 5.38. The average Bonchev–Trinajstić information content (AvgIpc) is 2.31. The van der Waals surface area contributed by atoms with Crippen molar-refractivity contribution in [2.24, 2.45) is 11.8 Å². The van der Waals surface area contributed by atoms with Crippen molar-refractivity contribution in [2.45, 2.75) is 34.1 Å². The molecule has 1 heteroatoms. The molecule has 1 aromatic carbocycles. The Hall–Kier alpha value is -1.50. The fourth-order valence-corrected chi connectivity index (χ4v) is 1.76. The van der Waals surface area contributed by atoms with Gasteiger partial charge in [-0.3, -0.25) is 0 Å². The molecule has 0 bridgehead atoms. The van der Waals surface area contributed by atoms with Crippen LogP contribution in [0.3, 0.4) is 0 Å². The van der Waals surface area contributed by atoms with Crippen LogP contribution in [0.4, 0.5) is 5.69 Å². The van der Waals surface area contributed by atoms with E-state index in [4.69, 9.17) is 0 Å². The van der Waals surface area contributed by atoms with E-state index >= 15 is 0 Å². The van der Waals surface area contributed by atoms with Crippen LogP contribution in [0.25, 0.3) is 0 Å². The molecule has 0 aromatic heterocycles. The Morgan fingerprint density at radius 2 is 1.78 bits per heavy atom. The van der Waals surface area contributed by atoms with E-state index in [2.05, 4.69) is 58.3 Å². The van der Waals surface area contributed by atoms with Crippen LogP contribution in [0.2, 0.25) is 0 Å². The highest BCUT2D eigenvalue weighted by Gasteiger charge is 2.11. The van der Waals surface area contributed by atoms with Crippen molar-refractivity contribution in [3.63, 3.8) is 0 Å². The molecule has 0 radical (unpaired) electrons. The van der Waals surface area contributed by atoms with Crippen LogP contribution in [-0.4, -0.2) is 0 Å². The third-order valence-electron chi connectivity index (χ3n) is 3.42. The molecule has 1 atom stereocenters. The van der Waals surface area contributed by atoms with Crippen molar-refractivity contribution >= 4 is 5.69 Å². The molecule has 0 heterocycles. The first-order valence-electron chi connectivity index (χ1n) is 6.61. The minimum Gasteiger partial charge on any atom is -0.359 e. The number of anilines is 1. The zero-order valence-electron chi connectivity index (χ0n) is 12.1. The number of rotatable bonds is 6. The summed E-state index contributed by atoms with van der Waals surface area (Å²) in [7, 11) is 0. The maximum Gasteiger partial charge on any atom is 0.0411 e. The van der Waals surface area contributed by atoms with E-state index in [0.29, 0.717) is 11.8 Å². The lowest BCUT2D eigenvalue weighted by atomic mass is 9.93. The molecular weight excluding hydrogens is 218 g/mol. The second kappa shape index (κ2) is 6.44. The third kappa shape index (κ3) is 4.06. The molecule has 1 N–H and O–H groups in total. The summed E-state index contributed by atoms with van der Waals surface area (Å²) in [4.78, 5) is 0. The van der Waals surface area contributed by atoms with Gasteiger partial charge in [0, 0.05) is 11.4 Å². The highest BCUT2D eigenvalue weighted by Crippen LogP contribution is 2.24. The minimum atomic E-state index is 0.402. The van der Waals surface area contributed by atoms with Crippen LogP contribution < -0.4 is 5.32 Å². The lowest BCUT2D eigenvalue weighted by Gasteiger charge is -2.20. The number of hydrogen-bond acceptors (Lipinski definition) is 1. The van der Waals surface area contributed by atoms with Crippen molar-refractivity contribution in [1.82, 2.24) is 0 Å². The molecule has 0 saturated carbocycles. The molecule has 98 valence electrons. The summed E-state index contributed by atoms with van der Waals surface area (Å²) < 4.78 is 0. The molecule has 0 aliphatic rings. The van der Waals surface area contributed by atoms with Crippen LogP contribution in [0.1, 0.15) is 32.8 Å². The molecule has 0 spiro atoms. The van der Waals surface area contributed by atoms with Crippen molar-refractivity contribution in [3.8, 4) is 0 Å². The van der Waals surface area contributed by atoms with Gasteiger partial charge in [-0.2, -0.15) is 0 Å². The van der Waals surface area contributed by atoms with Gasteiger partial charge < -0.3 is 5.32 Å². The zero-order valence-corrected chi connectivity index (χ0v) is 12.1. The van der Waals surface area contributed by atoms with E-state index in [1.807, 2.05) is 12.1 Å². The van der Waals surface area contributed by atoms with Crippen LogP contribution in [0.15, 0.2) is 48.7 Å². The summed E-state index contributed by atoms with van der Waals surface area (Å²) in [5.74, 6) is 0.943. The lowest BCUT2D eigenvalue weighted by Crippen LogP contribution is -2.10. The van der Waals surface area contributed by atoms with E-state index in [0.717, 1.165) is 17.8 Å². The first kappa shape index (κ1) is 14.6. The molecule has 1 aromatic rings. The van der Waals surface area contributed by atoms with Gasteiger partial charge >= 0.3 is 0 Å². The zero-order chi connectivity index (χ0) is 13.7. The standard InChI is InChI=1S/C17H25N/c1-12(2)14(4)11-15(5)16(6)18-17-10-8-7-9-13(17)3/h7-10,12,15,18H,4,6,11H2,1-3,5H3. The number of aryl methyl sites for hydroxylation is 1. The Kier molecular flexibility index (Phi) is 5.21. The van der Waals surface area contributed by atoms with E-state index in [-0.39, 0.29) is 0 Å². The molecule has 0 saturated heterocycles. The molecular formula is C17H25N. The van der Waals surface area contributed by atoms with Crippen LogP contribution >= 0.6 is 0 Å². The Labute approximate surface area is 112 Å². The van der Waals surface area contributed by atoms with E-state index < -0.39 is 0 Å². The van der Waals surface area contributed by atoms with Gasteiger partial charge in [-0.05, 0) is 36.8 Å². The quantitative estimate of drug-likeness (QED) is 0.680. The first-order valence-corrected chi connectivity index (χ1v) is 6.61. The Morgan fingerprint density at radius 3 is 2.33 bits per heavy atom. The maximum atomic E-state index is 4.15. The van der Waals surface area contributed by atoms with Crippen LogP contribution in [0, 0.1) is 18.8 Å². The maximum absolute atomic E-state index is 4.15. The second-order valence-corrected chi connectivity index (χ2v) is 5.38. The highest BCUT2D eigenvalue weighted by atomic mass is 14.9. The molecule has 1 nitrogen and oxygen atoms in total. The monoisotopic (exact) mass is 243 g/mol. The van der Waals surface area contributed by atoms with Crippen molar-refractivity contribution in [3.05, 3.63) is 54.3 Å². The smallest absolute Gasteiger partial charge is 0.0411 e. The van der Waals surface area contributed by atoms with E-state index in [1.165, 1.54) is 11.1 Å². The fourth-order valence-electron chi connectivity index (χ4n) is 1.76. The summed E-state index contributed by atoms with van der Waals surface area (Å²) in [6.45, 7) is 17.0. The van der Waals surface area contributed by atoms with Crippen molar-refractivity contribution < 1.29 is 0 Å². The fraction of sp³-hybridized carbons (Fsp3) is 0.412. The topological polar surface area (TPSA) is 12.0 Å². The van der Waals surface area contributed by atoms with E-state index in [1.54, 1.807) is 0 Å².